The lowest BCUT2D eigenvalue weighted by Crippen LogP contribution is -2.44. The molecular formula is C13H16ClNO2S. The lowest BCUT2D eigenvalue weighted by Gasteiger charge is -2.29. The second-order valence-corrected chi connectivity index (χ2v) is 5.92. The molecule has 2 rings (SSSR count). The van der Waals surface area contributed by atoms with E-state index in [2.05, 4.69) is 0 Å². The Morgan fingerprint density at radius 3 is 2.72 bits per heavy atom. The molecule has 1 aliphatic heterocycles. The van der Waals surface area contributed by atoms with E-state index in [-0.39, 0.29) is 11.2 Å². The number of hydrogen-bond acceptors (Lipinski definition) is 3. The van der Waals surface area contributed by atoms with Crippen LogP contribution in [0, 0.1) is 0 Å². The zero-order valence-electron chi connectivity index (χ0n) is 10.3. The zero-order valence-corrected chi connectivity index (χ0v) is 11.8. The summed E-state index contributed by atoms with van der Waals surface area (Å²) in [5, 5.41) is 0.576. The van der Waals surface area contributed by atoms with Gasteiger partial charge in [-0.2, -0.15) is 0 Å². The fraction of sp³-hybridized carbons (Fsp3) is 0.462. The van der Waals surface area contributed by atoms with E-state index in [1.807, 2.05) is 36.1 Å². The van der Waals surface area contributed by atoms with E-state index >= 15 is 0 Å². The van der Waals surface area contributed by atoms with Crippen molar-refractivity contribution in [2.75, 3.05) is 26.3 Å². The largest absolute Gasteiger partial charge is 0.378 e. The molecule has 18 heavy (non-hydrogen) atoms. The van der Waals surface area contributed by atoms with E-state index in [9.17, 15) is 4.79 Å². The van der Waals surface area contributed by atoms with E-state index in [0.29, 0.717) is 31.3 Å². The Hall–Kier alpha value is -0.710. The Labute approximate surface area is 116 Å². The van der Waals surface area contributed by atoms with Crippen LogP contribution in [0.1, 0.15) is 6.92 Å². The zero-order chi connectivity index (χ0) is 13.0. The van der Waals surface area contributed by atoms with Crippen molar-refractivity contribution in [2.45, 2.75) is 17.1 Å². The van der Waals surface area contributed by atoms with E-state index < -0.39 is 0 Å². The molecule has 1 amide bonds. The molecule has 5 heteroatoms. The van der Waals surface area contributed by atoms with Crippen LogP contribution >= 0.6 is 23.4 Å². The summed E-state index contributed by atoms with van der Waals surface area (Å²) in [5.74, 6) is 0.156. The highest BCUT2D eigenvalue weighted by molar-refractivity contribution is 8.00. The number of halogens is 1. The first-order valence-corrected chi connectivity index (χ1v) is 7.22. The maximum absolute atomic E-state index is 12.2. The number of carbonyl (C=O) groups is 1. The molecule has 1 atom stereocenters. The van der Waals surface area contributed by atoms with Crippen LogP contribution in [0.15, 0.2) is 29.2 Å². The number of hydrogen-bond donors (Lipinski definition) is 0. The molecule has 0 radical (unpaired) electrons. The van der Waals surface area contributed by atoms with Crippen molar-refractivity contribution in [3.63, 3.8) is 0 Å². The Kier molecular flexibility index (Phi) is 4.92. The maximum Gasteiger partial charge on any atom is 0.235 e. The number of ether oxygens (including phenoxy) is 1. The van der Waals surface area contributed by atoms with Gasteiger partial charge in [0.15, 0.2) is 0 Å². The first kappa shape index (κ1) is 13.7. The summed E-state index contributed by atoms with van der Waals surface area (Å²) in [5.41, 5.74) is 0. The minimum atomic E-state index is -0.122. The summed E-state index contributed by atoms with van der Waals surface area (Å²) >= 11 is 7.60. The van der Waals surface area contributed by atoms with Crippen molar-refractivity contribution in [3.8, 4) is 0 Å². The van der Waals surface area contributed by atoms with Gasteiger partial charge in [0.25, 0.3) is 0 Å². The van der Waals surface area contributed by atoms with E-state index in [1.165, 1.54) is 11.8 Å². The Morgan fingerprint density at radius 1 is 1.39 bits per heavy atom. The van der Waals surface area contributed by atoms with Gasteiger partial charge in [0.05, 0.1) is 23.5 Å². The fourth-order valence-corrected chi connectivity index (χ4v) is 3.06. The molecule has 0 bridgehead atoms. The summed E-state index contributed by atoms with van der Waals surface area (Å²) < 4.78 is 5.25. The smallest absolute Gasteiger partial charge is 0.235 e. The van der Waals surface area contributed by atoms with E-state index in [4.69, 9.17) is 16.3 Å². The van der Waals surface area contributed by atoms with Crippen LogP contribution < -0.4 is 0 Å². The molecule has 0 N–H and O–H groups in total. The molecule has 1 heterocycles. The summed E-state index contributed by atoms with van der Waals surface area (Å²) in [7, 11) is 0. The van der Waals surface area contributed by atoms with Gasteiger partial charge in [-0.3, -0.25) is 4.79 Å². The van der Waals surface area contributed by atoms with Crippen LogP contribution in [0.2, 0.25) is 5.02 Å². The minimum Gasteiger partial charge on any atom is -0.378 e. The van der Waals surface area contributed by atoms with Crippen LogP contribution in [0.5, 0.6) is 0 Å². The van der Waals surface area contributed by atoms with Crippen LogP contribution in [-0.4, -0.2) is 42.4 Å². The Balaban J connectivity index is 1.96. The highest BCUT2D eigenvalue weighted by Crippen LogP contribution is 2.30. The van der Waals surface area contributed by atoms with Gasteiger partial charge < -0.3 is 9.64 Å². The van der Waals surface area contributed by atoms with Crippen LogP contribution in [0.25, 0.3) is 0 Å². The average molecular weight is 286 g/mol. The molecule has 0 spiro atoms. The van der Waals surface area contributed by atoms with E-state index in [1.54, 1.807) is 0 Å². The van der Waals surface area contributed by atoms with Crippen molar-refractivity contribution in [2.24, 2.45) is 0 Å². The third-order valence-corrected chi connectivity index (χ3v) is 4.42. The Morgan fingerprint density at radius 2 is 2.06 bits per heavy atom. The third-order valence-electron chi connectivity index (χ3n) is 2.81. The molecule has 1 aromatic rings. The molecule has 1 fully saturated rings. The van der Waals surface area contributed by atoms with Crippen molar-refractivity contribution < 1.29 is 9.53 Å². The second kappa shape index (κ2) is 6.45. The highest BCUT2D eigenvalue weighted by Gasteiger charge is 2.23. The molecule has 0 saturated carbocycles. The molecule has 1 saturated heterocycles. The Bertz CT molecular complexity index is 421. The maximum atomic E-state index is 12.2. The van der Waals surface area contributed by atoms with Gasteiger partial charge in [-0.1, -0.05) is 23.7 Å². The van der Waals surface area contributed by atoms with Crippen molar-refractivity contribution >= 4 is 29.3 Å². The number of nitrogens with zero attached hydrogens (tertiary/aromatic N) is 1. The first-order valence-electron chi connectivity index (χ1n) is 5.96. The number of amides is 1. The minimum absolute atomic E-state index is 0.122. The predicted molar refractivity (Wildman–Crippen MR) is 74.2 cm³/mol. The standard InChI is InChI=1S/C13H16ClNO2S/c1-10(13(16)15-6-8-17-9-7-15)18-12-5-3-2-4-11(12)14/h2-5,10H,6-9H2,1H3. The van der Waals surface area contributed by atoms with Crippen molar-refractivity contribution in [1.29, 1.82) is 0 Å². The number of morpholine rings is 1. The summed E-state index contributed by atoms with van der Waals surface area (Å²) in [6.07, 6.45) is 0. The number of carbonyl (C=O) groups excluding carboxylic acids is 1. The lowest BCUT2D eigenvalue weighted by molar-refractivity contribution is -0.134. The van der Waals surface area contributed by atoms with Gasteiger partial charge in [-0.05, 0) is 19.1 Å². The van der Waals surface area contributed by atoms with Gasteiger partial charge in [0.1, 0.15) is 0 Å². The number of thioether (sulfide) groups is 1. The fourth-order valence-electron chi connectivity index (χ4n) is 1.82. The van der Waals surface area contributed by atoms with Crippen LogP contribution in [0.3, 0.4) is 0 Å². The van der Waals surface area contributed by atoms with Gasteiger partial charge in [0, 0.05) is 18.0 Å². The summed E-state index contributed by atoms with van der Waals surface area (Å²) in [4.78, 5) is 15.0. The number of rotatable bonds is 3. The third kappa shape index (κ3) is 3.40. The van der Waals surface area contributed by atoms with Gasteiger partial charge in [-0.25, -0.2) is 0 Å². The number of benzene rings is 1. The topological polar surface area (TPSA) is 29.5 Å². The van der Waals surface area contributed by atoms with Crippen molar-refractivity contribution in [1.82, 2.24) is 4.90 Å². The van der Waals surface area contributed by atoms with Gasteiger partial charge >= 0.3 is 0 Å². The molecule has 98 valence electrons. The molecule has 0 aromatic heterocycles. The SMILES string of the molecule is CC(Sc1ccccc1Cl)C(=O)N1CCOCC1. The second-order valence-electron chi connectivity index (χ2n) is 4.13. The first-order chi connectivity index (χ1) is 8.68. The molecule has 1 unspecified atom stereocenters. The van der Waals surface area contributed by atoms with Crippen molar-refractivity contribution in [3.05, 3.63) is 29.3 Å². The molecule has 3 nitrogen and oxygen atoms in total. The highest BCUT2D eigenvalue weighted by atomic mass is 35.5. The van der Waals surface area contributed by atoms with Crippen LogP contribution in [0.4, 0.5) is 0 Å². The summed E-state index contributed by atoms with van der Waals surface area (Å²) in [6, 6.07) is 7.60. The average Bonchev–Trinajstić information content (AvgIpc) is 2.41. The molecule has 1 aromatic carbocycles. The van der Waals surface area contributed by atoms with Gasteiger partial charge in [-0.15, -0.1) is 11.8 Å². The van der Waals surface area contributed by atoms with E-state index in [0.717, 1.165) is 4.90 Å². The lowest BCUT2D eigenvalue weighted by atomic mass is 10.3. The molecular weight excluding hydrogens is 270 g/mol. The normalized spacial score (nSPS) is 17.6. The predicted octanol–water partition coefficient (Wildman–Crippen LogP) is 2.68. The molecule has 1 aliphatic rings. The molecule has 0 aliphatic carbocycles. The summed E-state index contributed by atoms with van der Waals surface area (Å²) in [6.45, 7) is 4.56. The van der Waals surface area contributed by atoms with Gasteiger partial charge in [0.2, 0.25) is 5.91 Å². The van der Waals surface area contributed by atoms with Crippen LogP contribution in [-0.2, 0) is 9.53 Å². The quantitative estimate of drug-likeness (QED) is 0.800. The monoisotopic (exact) mass is 285 g/mol.